The molecule has 1 aromatic heterocycles. The monoisotopic (exact) mass is 220 g/mol. The number of aryl methyl sites for hydroxylation is 2. The topological polar surface area (TPSA) is 24.9 Å². The molecule has 0 aliphatic carbocycles. The Bertz CT molecular complexity index is 280. The van der Waals surface area contributed by atoms with Crippen LogP contribution in [-0.2, 0) is 6.42 Å². The molecule has 0 aliphatic heterocycles. The maximum Gasteiger partial charge on any atom is 0.254 e. The summed E-state index contributed by atoms with van der Waals surface area (Å²) in [5.74, 6) is 0. The van der Waals surface area contributed by atoms with Gasteiger partial charge in [0.1, 0.15) is 0 Å². The van der Waals surface area contributed by atoms with Gasteiger partial charge in [0, 0.05) is 11.3 Å². The number of nitrogens with one attached hydrogen (secondary N) is 1. The highest BCUT2D eigenvalue weighted by molar-refractivity contribution is 7.11. The minimum atomic E-state index is -2.34. The summed E-state index contributed by atoms with van der Waals surface area (Å²) in [4.78, 5) is 5.33. The van der Waals surface area contributed by atoms with Gasteiger partial charge in [-0.1, -0.05) is 0 Å². The van der Waals surface area contributed by atoms with Gasteiger partial charge in [-0.15, -0.1) is 11.3 Å². The van der Waals surface area contributed by atoms with E-state index in [4.69, 9.17) is 0 Å². The Morgan fingerprint density at radius 3 is 2.43 bits per heavy atom. The van der Waals surface area contributed by atoms with Crippen LogP contribution in [0.2, 0.25) is 0 Å². The van der Waals surface area contributed by atoms with E-state index < -0.39 is 12.5 Å². The van der Waals surface area contributed by atoms with Gasteiger partial charge in [0.2, 0.25) is 0 Å². The van der Waals surface area contributed by atoms with Crippen molar-refractivity contribution in [2.24, 2.45) is 0 Å². The molecule has 5 heteroatoms. The molecular formula is C9H14F2N2S. The number of nitrogens with zero attached hydrogens (tertiary/aromatic N) is 1. The van der Waals surface area contributed by atoms with Crippen LogP contribution < -0.4 is 5.32 Å². The van der Waals surface area contributed by atoms with E-state index in [9.17, 15) is 8.78 Å². The molecule has 0 saturated heterocycles. The lowest BCUT2D eigenvalue weighted by Gasteiger charge is -2.12. The van der Waals surface area contributed by atoms with Crippen LogP contribution >= 0.6 is 11.3 Å². The molecule has 0 aromatic carbocycles. The Kier molecular flexibility index (Phi) is 3.95. The summed E-state index contributed by atoms with van der Waals surface area (Å²) < 4.78 is 24.8. The first-order valence-corrected chi connectivity index (χ1v) is 5.24. The second-order valence-electron chi connectivity index (χ2n) is 3.18. The Morgan fingerprint density at radius 1 is 1.43 bits per heavy atom. The van der Waals surface area contributed by atoms with Crippen LogP contribution in [0.5, 0.6) is 0 Å². The molecule has 1 N–H and O–H groups in total. The number of likely N-dealkylation sites (N-methyl/N-ethyl adjacent to an activating group) is 1. The summed E-state index contributed by atoms with van der Waals surface area (Å²) in [5.41, 5.74) is 0.939. The summed E-state index contributed by atoms with van der Waals surface area (Å²) in [5, 5.41) is 3.37. The molecule has 0 bridgehead atoms. The van der Waals surface area contributed by atoms with Gasteiger partial charge < -0.3 is 5.32 Å². The van der Waals surface area contributed by atoms with E-state index in [0.717, 1.165) is 15.6 Å². The summed E-state index contributed by atoms with van der Waals surface area (Å²) in [7, 11) is 1.55. The first kappa shape index (κ1) is 11.5. The SMILES string of the molecule is CNC(Cc1nc(C)c(C)s1)C(F)F. The largest absolute Gasteiger partial charge is 0.312 e. The maximum atomic E-state index is 12.4. The smallest absolute Gasteiger partial charge is 0.254 e. The van der Waals surface area contributed by atoms with Gasteiger partial charge in [0.15, 0.2) is 0 Å². The van der Waals surface area contributed by atoms with Crippen LogP contribution in [0.15, 0.2) is 0 Å². The number of halogens is 2. The molecule has 1 rings (SSSR count). The molecule has 0 saturated carbocycles. The lowest BCUT2D eigenvalue weighted by atomic mass is 10.2. The van der Waals surface area contributed by atoms with E-state index in [1.54, 1.807) is 7.05 Å². The number of thiazole rings is 1. The zero-order valence-electron chi connectivity index (χ0n) is 8.47. The van der Waals surface area contributed by atoms with Crippen LogP contribution in [0, 0.1) is 13.8 Å². The minimum Gasteiger partial charge on any atom is -0.312 e. The molecule has 0 amide bonds. The molecule has 0 spiro atoms. The van der Waals surface area contributed by atoms with Crippen molar-refractivity contribution in [1.82, 2.24) is 10.3 Å². The summed E-state index contributed by atoms with van der Waals surface area (Å²) in [6, 6.07) is -0.792. The normalized spacial score (nSPS) is 13.6. The number of hydrogen-bond donors (Lipinski definition) is 1. The van der Waals surface area contributed by atoms with Crippen molar-refractivity contribution >= 4 is 11.3 Å². The highest BCUT2D eigenvalue weighted by atomic mass is 32.1. The van der Waals surface area contributed by atoms with Gasteiger partial charge >= 0.3 is 0 Å². The molecule has 80 valence electrons. The summed E-state index contributed by atoms with van der Waals surface area (Å²) in [6.07, 6.45) is -2.04. The first-order chi connectivity index (χ1) is 6.54. The number of alkyl halides is 2. The van der Waals surface area contributed by atoms with Crippen LogP contribution in [0.3, 0.4) is 0 Å². The zero-order valence-corrected chi connectivity index (χ0v) is 9.29. The fourth-order valence-electron chi connectivity index (χ4n) is 1.13. The van der Waals surface area contributed by atoms with Crippen molar-refractivity contribution in [3.05, 3.63) is 15.6 Å². The molecule has 1 unspecified atom stereocenters. The second kappa shape index (κ2) is 4.79. The Labute approximate surface area is 86.4 Å². The molecule has 1 heterocycles. The molecule has 1 atom stereocenters. The maximum absolute atomic E-state index is 12.4. The Hall–Kier alpha value is -0.550. The zero-order chi connectivity index (χ0) is 10.7. The molecule has 2 nitrogen and oxygen atoms in total. The van der Waals surface area contributed by atoms with Gasteiger partial charge in [-0.05, 0) is 20.9 Å². The van der Waals surface area contributed by atoms with E-state index in [0.29, 0.717) is 6.42 Å². The standard InChI is InChI=1S/C9H14F2N2S/c1-5-6(2)14-8(13-5)4-7(12-3)9(10)11/h7,9,12H,4H2,1-3H3. The predicted octanol–water partition coefficient (Wildman–Crippen LogP) is 2.16. The number of rotatable bonds is 4. The molecule has 14 heavy (non-hydrogen) atoms. The minimum absolute atomic E-state index is 0.299. The van der Waals surface area contributed by atoms with Crippen molar-refractivity contribution in [2.45, 2.75) is 32.7 Å². The average Bonchev–Trinajstić information content (AvgIpc) is 2.41. The molecule has 0 radical (unpaired) electrons. The molecule has 1 aromatic rings. The Balaban J connectivity index is 2.67. The van der Waals surface area contributed by atoms with E-state index in [1.165, 1.54) is 11.3 Å². The van der Waals surface area contributed by atoms with Crippen LogP contribution in [-0.4, -0.2) is 24.5 Å². The number of aromatic nitrogens is 1. The third-order valence-electron chi connectivity index (χ3n) is 2.14. The lowest BCUT2D eigenvalue weighted by molar-refractivity contribution is 0.102. The fraction of sp³-hybridized carbons (Fsp3) is 0.667. The summed E-state index contributed by atoms with van der Waals surface area (Å²) >= 11 is 1.49. The molecule has 0 aliphatic rings. The van der Waals surface area contributed by atoms with Crippen LogP contribution in [0.4, 0.5) is 8.78 Å². The first-order valence-electron chi connectivity index (χ1n) is 4.43. The third kappa shape index (κ3) is 2.72. The van der Waals surface area contributed by atoms with Gasteiger partial charge in [-0.2, -0.15) is 0 Å². The van der Waals surface area contributed by atoms with Gasteiger partial charge in [0.25, 0.3) is 6.43 Å². The Morgan fingerprint density at radius 2 is 2.07 bits per heavy atom. The van der Waals surface area contributed by atoms with Crippen LogP contribution in [0.25, 0.3) is 0 Å². The van der Waals surface area contributed by atoms with E-state index >= 15 is 0 Å². The third-order valence-corrected chi connectivity index (χ3v) is 3.24. The van der Waals surface area contributed by atoms with Crippen molar-refractivity contribution in [3.63, 3.8) is 0 Å². The van der Waals surface area contributed by atoms with Crippen molar-refractivity contribution in [3.8, 4) is 0 Å². The molecule has 0 fully saturated rings. The molecular weight excluding hydrogens is 206 g/mol. The fourth-order valence-corrected chi connectivity index (χ4v) is 2.12. The van der Waals surface area contributed by atoms with Crippen molar-refractivity contribution < 1.29 is 8.78 Å². The van der Waals surface area contributed by atoms with Gasteiger partial charge in [-0.3, -0.25) is 0 Å². The summed E-state index contributed by atoms with van der Waals surface area (Å²) in [6.45, 7) is 3.85. The van der Waals surface area contributed by atoms with Crippen molar-refractivity contribution in [1.29, 1.82) is 0 Å². The van der Waals surface area contributed by atoms with E-state index in [1.807, 2.05) is 13.8 Å². The quantitative estimate of drug-likeness (QED) is 0.841. The van der Waals surface area contributed by atoms with Crippen molar-refractivity contribution in [2.75, 3.05) is 7.05 Å². The number of hydrogen-bond acceptors (Lipinski definition) is 3. The highest BCUT2D eigenvalue weighted by Crippen LogP contribution is 2.19. The highest BCUT2D eigenvalue weighted by Gasteiger charge is 2.20. The van der Waals surface area contributed by atoms with E-state index in [-0.39, 0.29) is 0 Å². The predicted molar refractivity (Wildman–Crippen MR) is 54.1 cm³/mol. The van der Waals surface area contributed by atoms with Crippen LogP contribution in [0.1, 0.15) is 15.6 Å². The lowest BCUT2D eigenvalue weighted by Crippen LogP contribution is -2.34. The average molecular weight is 220 g/mol. The second-order valence-corrected chi connectivity index (χ2v) is 4.47. The van der Waals surface area contributed by atoms with Gasteiger partial charge in [0.05, 0.1) is 16.7 Å². The van der Waals surface area contributed by atoms with E-state index in [2.05, 4.69) is 10.3 Å². The van der Waals surface area contributed by atoms with Gasteiger partial charge in [-0.25, -0.2) is 13.8 Å².